The summed E-state index contributed by atoms with van der Waals surface area (Å²) in [5.74, 6) is 0. The van der Waals surface area contributed by atoms with E-state index in [-0.39, 0.29) is 6.04 Å². The second-order valence-electron chi connectivity index (χ2n) is 3.95. The maximum absolute atomic E-state index is 5.75. The molecule has 4 heteroatoms. The number of aromatic nitrogens is 2. The lowest BCUT2D eigenvalue weighted by Gasteiger charge is -2.06. The van der Waals surface area contributed by atoms with Gasteiger partial charge in [-0.1, -0.05) is 12.1 Å². The quantitative estimate of drug-likeness (QED) is 0.938. The van der Waals surface area contributed by atoms with E-state index in [0.29, 0.717) is 0 Å². The Morgan fingerprint density at radius 2 is 2.06 bits per heavy atom. The zero-order chi connectivity index (χ0) is 11.5. The average Bonchev–Trinajstić information content (AvgIpc) is 2.65. The molecule has 2 rings (SSSR count). The van der Waals surface area contributed by atoms with Gasteiger partial charge in [-0.25, -0.2) is 4.68 Å². The van der Waals surface area contributed by atoms with Crippen molar-refractivity contribution in [2.24, 2.45) is 5.73 Å². The smallest absolute Gasteiger partial charge is 0.0646 e. The Bertz CT molecular complexity index is 459. The molecule has 2 N–H and O–H groups in total. The Hall–Kier alpha value is -1.13. The van der Waals surface area contributed by atoms with Crippen molar-refractivity contribution in [3.63, 3.8) is 0 Å². The van der Waals surface area contributed by atoms with Crippen molar-refractivity contribution in [3.8, 4) is 5.69 Å². The third-order valence-electron chi connectivity index (χ3n) is 2.31. The first-order chi connectivity index (χ1) is 7.65. The number of nitrogens with two attached hydrogens (primary N) is 1. The molecule has 0 aliphatic rings. The van der Waals surface area contributed by atoms with Gasteiger partial charge in [-0.05, 0) is 47.0 Å². The molecule has 3 nitrogen and oxygen atoms in total. The van der Waals surface area contributed by atoms with Crippen molar-refractivity contribution in [1.29, 1.82) is 0 Å². The van der Waals surface area contributed by atoms with E-state index in [4.69, 9.17) is 5.73 Å². The zero-order valence-corrected chi connectivity index (χ0v) is 10.7. The maximum Gasteiger partial charge on any atom is 0.0646 e. The molecule has 0 fully saturated rings. The monoisotopic (exact) mass is 279 g/mol. The fourth-order valence-corrected chi connectivity index (χ4v) is 1.88. The molecule has 1 heterocycles. The normalized spacial score (nSPS) is 12.7. The summed E-state index contributed by atoms with van der Waals surface area (Å²) in [7, 11) is 0. The van der Waals surface area contributed by atoms with E-state index in [1.807, 2.05) is 17.8 Å². The van der Waals surface area contributed by atoms with Crippen molar-refractivity contribution >= 4 is 15.9 Å². The molecule has 1 aromatic heterocycles. The second-order valence-corrected chi connectivity index (χ2v) is 4.87. The lowest BCUT2D eigenvalue weighted by Crippen LogP contribution is -2.17. The summed E-state index contributed by atoms with van der Waals surface area (Å²) < 4.78 is 2.81. The molecule has 0 amide bonds. The minimum absolute atomic E-state index is 0.199. The van der Waals surface area contributed by atoms with E-state index in [9.17, 15) is 0 Å². The molecule has 0 spiro atoms. The minimum atomic E-state index is 0.199. The molecule has 0 saturated carbocycles. The van der Waals surface area contributed by atoms with E-state index in [2.05, 4.69) is 45.3 Å². The Morgan fingerprint density at radius 3 is 2.56 bits per heavy atom. The van der Waals surface area contributed by atoms with Gasteiger partial charge in [0, 0.05) is 12.2 Å². The van der Waals surface area contributed by atoms with Crippen LogP contribution in [0, 0.1) is 0 Å². The van der Waals surface area contributed by atoms with E-state index in [1.54, 1.807) is 6.20 Å². The van der Waals surface area contributed by atoms with Gasteiger partial charge in [-0.15, -0.1) is 0 Å². The number of nitrogens with zero attached hydrogens (tertiary/aromatic N) is 2. The molecule has 0 aliphatic heterocycles. The van der Waals surface area contributed by atoms with E-state index < -0.39 is 0 Å². The summed E-state index contributed by atoms with van der Waals surface area (Å²) in [6.07, 6.45) is 4.61. The largest absolute Gasteiger partial charge is 0.328 e. The van der Waals surface area contributed by atoms with Crippen LogP contribution in [-0.4, -0.2) is 15.8 Å². The van der Waals surface area contributed by atoms with Gasteiger partial charge in [0.1, 0.15) is 0 Å². The standard InChI is InChI=1S/C12H14BrN3/c1-9(14)6-10-2-4-12(5-3-10)16-8-11(13)7-15-16/h2-5,7-9H,6,14H2,1H3. The number of hydrogen-bond acceptors (Lipinski definition) is 2. The van der Waals surface area contributed by atoms with Gasteiger partial charge in [0.25, 0.3) is 0 Å². The van der Waals surface area contributed by atoms with Crippen molar-refractivity contribution in [3.05, 3.63) is 46.7 Å². The minimum Gasteiger partial charge on any atom is -0.328 e. The van der Waals surface area contributed by atoms with Crippen LogP contribution in [0.25, 0.3) is 5.69 Å². The van der Waals surface area contributed by atoms with Crippen molar-refractivity contribution in [1.82, 2.24) is 9.78 Å². The lowest BCUT2D eigenvalue weighted by atomic mass is 10.1. The molecule has 0 radical (unpaired) electrons. The Kier molecular flexibility index (Phi) is 3.41. The van der Waals surface area contributed by atoms with Crippen molar-refractivity contribution in [2.45, 2.75) is 19.4 Å². The van der Waals surface area contributed by atoms with Gasteiger partial charge in [0.05, 0.1) is 16.4 Å². The van der Waals surface area contributed by atoms with Crippen LogP contribution in [0.2, 0.25) is 0 Å². The number of halogens is 1. The SMILES string of the molecule is CC(N)Cc1ccc(-n2cc(Br)cn2)cc1. The van der Waals surface area contributed by atoms with Crippen molar-refractivity contribution < 1.29 is 0 Å². The van der Waals surface area contributed by atoms with Gasteiger partial charge >= 0.3 is 0 Å². The topological polar surface area (TPSA) is 43.8 Å². The molecular weight excluding hydrogens is 266 g/mol. The first kappa shape index (κ1) is 11.4. The fraction of sp³-hybridized carbons (Fsp3) is 0.250. The van der Waals surface area contributed by atoms with E-state index in [0.717, 1.165) is 16.6 Å². The van der Waals surface area contributed by atoms with Crippen LogP contribution in [-0.2, 0) is 6.42 Å². The fourth-order valence-electron chi connectivity index (χ4n) is 1.60. The van der Waals surface area contributed by atoms with Gasteiger partial charge in [0.15, 0.2) is 0 Å². The first-order valence-corrected chi connectivity index (χ1v) is 5.99. The molecule has 0 aliphatic carbocycles. The molecular formula is C12H14BrN3. The predicted octanol–water partition coefficient (Wildman–Crippen LogP) is 2.52. The van der Waals surface area contributed by atoms with Crippen LogP contribution in [0.4, 0.5) is 0 Å². The molecule has 16 heavy (non-hydrogen) atoms. The summed E-state index contributed by atoms with van der Waals surface area (Å²) in [5.41, 5.74) is 8.06. The number of hydrogen-bond donors (Lipinski definition) is 1. The molecule has 1 unspecified atom stereocenters. The first-order valence-electron chi connectivity index (χ1n) is 5.20. The summed E-state index contributed by atoms with van der Waals surface area (Å²) in [6, 6.07) is 8.49. The maximum atomic E-state index is 5.75. The highest BCUT2D eigenvalue weighted by Crippen LogP contribution is 2.13. The van der Waals surface area contributed by atoms with Crippen LogP contribution in [0.3, 0.4) is 0 Å². The van der Waals surface area contributed by atoms with E-state index >= 15 is 0 Å². The number of rotatable bonds is 3. The third kappa shape index (κ3) is 2.71. The Balaban J connectivity index is 2.19. The summed E-state index contributed by atoms with van der Waals surface area (Å²) in [4.78, 5) is 0. The molecule has 0 saturated heterocycles. The third-order valence-corrected chi connectivity index (χ3v) is 2.72. The van der Waals surface area contributed by atoms with Crippen LogP contribution in [0.15, 0.2) is 41.1 Å². The van der Waals surface area contributed by atoms with Gasteiger partial charge in [-0.2, -0.15) is 5.10 Å². The molecule has 1 aromatic carbocycles. The summed E-state index contributed by atoms with van der Waals surface area (Å²) >= 11 is 3.38. The van der Waals surface area contributed by atoms with Crippen LogP contribution >= 0.6 is 15.9 Å². The van der Waals surface area contributed by atoms with E-state index in [1.165, 1.54) is 5.56 Å². The zero-order valence-electron chi connectivity index (χ0n) is 9.10. The van der Waals surface area contributed by atoms with Crippen LogP contribution in [0.5, 0.6) is 0 Å². The van der Waals surface area contributed by atoms with Crippen LogP contribution in [0.1, 0.15) is 12.5 Å². The lowest BCUT2D eigenvalue weighted by molar-refractivity contribution is 0.737. The highest BCUT2D eigenvalue weighted by molar-refractivity contribution is 9.10. The number of benzene rings is 1. The second kappa shape index (κ2) is 4.80. The van der Waals surface area contributed by atoms with Gasteiger partial charge in [-0.3, -0.25) is 0 Å². The summed E-state index contributed by atoms with van der Waals surface area (Å²) in [6.45, 7) is 2.01. The molecule has 2 aromatic rings. The highest BCUT2D eigenvalue weighted by Gasteiger charge is 2.00. The van der Waals surface area contributed by atoms with Crippen LogP contribution < -0.4 is 5.73 Å². The summed E-state index contributed by atoms with van der Waals surface area (Å²) in [5, 5.41) is 4.22. The Labute approximate surface area is 103 Å². The molecule has 1 atom stereocenters. The average molecular weight is 280 g/mol. The molecule has 0 bridgehead atoms. The van der Waals surface area contributed by atoms with Gasteiger partial charge < -0.3 is 5.73 Å². The van der Waals surface area contributed by atoms with Crippen molar-refractivity contribution in [2.75, 3.05) is 0 Å². The predicted molar refractivity (Wildman–Crippen MR) is 68.6 cm³/mol. The molecule has 84 valence electrons. The Morgan fingerprint density at radius 1 is 1.38 bits per heavy atom. The highest BCUT2D eigenvalue weighted by atomic mass is 79.9. The van der Waals surface area contributed by atoms with Gasteiger partial charge in [0.2, 0.25) is 0 Å².